The summed E-state index contributed by atoms with van der Waals surface area (Å²) in [5.41, 5.74) is 4.23. The lowest BCUT2D eigenvalue weighted by Gasteiger charge is -1.99. The molecule has 0 atom stereocenters. The van der Waals surface area contributed by atoms with E-state index in [1.54, 1.807) is 11.3 Å². The van der Waals surface area contributed by atoms with E-state index in [9.17, 15) is 0 Å². The number of rotatable bonds is 2. The molecule has 0 unspecified atom stereocenters. The summed E-state index contributed by atoms with van der Waals surface area (Å²) in [6.07, 6.45) is 2.03. The molecule has 17 heavy (non-hydrogen) atoms. The molecule has 86 valence electrons. The highest BCUT2D eigenvalue weighted by Gasteiger charge is 2.13. The monoisotopic (exact) mass is 262 g/mol. The third-order valence-electron chi connectivity index (χ3n) is 2.76. The van der Waals surface area contributed by atoms with Crippen LogP contribution in [0.5, 0.6) is 0 Å². The molecule has 0 aliphatic rings. The number of nitrogens with zero attached hydrogens (tertiary/aromatic N) is 2. The lowest BCUT2D eigenvalue weighted by molar-refractivity contribution is 1.08. The molecular weight excluding hydrogens is 252 g/mol. The molecule has 0 aliphatic carbocycles. The second-order valence-electron chi connectivity index (χ2n) is 3.95. The van der Waals surface area contributed by atoms with Gasteiger partial charge in [-0.1, -0.05) is 6.07 Å². The predicted molar refractivity (Wildman–Crippen MR) is 72.8 cm³/mol. The molecule has 0 amide bonds. The van der Waals surface area contributed by atoms with E-state index >= 15 is 0 Å². The van der Waals surface area contributed by atoms with Crippen molar-refractivity contribution in [1.82, 2.24) is 9.38 Å². The van der Waals surface area contributed by atoms with Crippen LogP contribution in [0, 0.1) is 6.92 Å². The van der Waals surface area contributed by atoms with E-state index in [2.05, 4.69) is 39.9 Å². The van der Waals surface area contributed by atoms with Gasteiger partial charge in [0, 0.05) is 6.20 Å². The molecule has 3 rings (SSSR count). The first-order valence-electron chi connectivity index (χ1n) is 5.37. The van der Waals surface area contributed by atoms with Gasteiger partial charge in [0.25, 0.3) is 0 Å². The third-order valence-corrected chi connectivity index (χ3v) is 3.89. The number of aryl methyl sites for hydroxylation is 1. The molecule has 3 heterocycles. The Morgan fingerprint density at radius 1 is 1.41 bits per heavy atom. The Labute approximate surface area is 108 Å². The average Bonchev–Trinajstić information content (AvgIpc) is 2.94. The van der Waals surface area contributed by atoms with Crippen LogP contribution in [0.2, 0.25) is 0 Å². The molecule has 0 N–H and O–H groups in total. The Balaban J connectivity index is 2.31. The maximum Gasteiger partial charge on any atom is 0.137 e. The summed E-state index contributed by atoms with van der Waals surface area (Å²) in [5.74, 6) is 0.470. The van der Waals surface area contributed by atoms with E-state index in [4.69, 9.17) is 11.6 Å². The van der Waals surface area contributed by atoms with E-state index in [0.29, 0.717) is 5.88 Å². The van der Waals surface area contributed by atoms with Crippen LogP contribution in [0.15, 0.2) is 35.8 Å². The molecule has 4 heteroatoms. The van der Waals surface area contributed by atoms with E-state index < -0.39 is 0 Å². The Morgan fingerprint density at radius 3 is 3.00 bits per heavy atom. The summed E-state index contributed by atoms with van der Waals surface area (Å²) in [6.45, 7) is 2.07. The number of halogens is 1. The lowest BCUT2D eigenvalue weighted by atomic mass is 10.3. The molecule has 0 aliphatic heterocycles. The molecular formula is C13H11ClN2S. The minimum Gasteiger partial charge on any atom is -0.302 e. The predicted octanol–water partition coefficient (Wildman–Crippen LogP) is 4.11. The highest BCUT2D eigenvalue weighted by atomic mass is 35.5. The first-order chi connectivity index (χ1) is 8.29. The van der Waals surface area contributed by atoms with Crippen LogP contribution in [-0.4, -0.2) is 9.38 Å². The smallest absolute Gasteiger partial charge is 0.137 e. The molecule has 0 saturated carbocycles. The number of pyridine rings is 1. The minimum absolute atomic E-state index is 0.470. The molecule has 0 fully saturated rings. The summed E-state index contributed by atoms with van der Waals surface area (Å²) in [4.78, 5) is 5.84. The van der Waals surface area contributed by atoms with Gasteiger partial charge in [0.2, 0.25) is 0 Å². The third kappa shape index (κ3) is 1.75. The number of alkyl halides is 1. The number of thiophene rings is 1. The van der Waals surface area contributed by atoms with Gasteiger partial charge in [-0.3, -0.25) is 0 Å². The molecule has 2 nitrogen and oxygen atoms in total. The van der Waals surface area contributed by atoms with Crippen LogP contribution in [0.25, 0.3) is 16.2 Å². The average molecular weight is 263 g/mol. The van der Waals surface area contributed by atoms with Crippen molar-refractivity contribution in [1.29, 1.82) is 0 Å². The fraction of sp³-hybridized carbons (Fsp3) is 0.154. The zero-order valence-electron chi connectivity index (χ0n) is 9.35. The molecule has 0 saturated heterocycles. The number of hydrogen-bond donors (Lipinski definition) is 0. The molecule has 0 radical (unpaired) electrons. The summed E-state index contributed by atoms with van der Waals surface area (Å²) < 4.78 is 2.06. The largest absolute Gasteiger partial charge is 0.302 e. The van der Waals surface area contributed by atoms with Gasteiger partial charge in [0.05, 0.1) is 16.5 Å². The van der Waals surface area contributed by atoms with E-state index in [0.717, 1.165) is 17.0 Å². The zero-order valence-corrected chi connectivity index (χ0v) is 10.9. The second kappa shape index (κ2) is 4.17. The SMILES string of the molecule is Cc1ccn2c(CCl)c(-c3cccs3)nc2c1. The van der Waals surface area contributed by atoms with Crippen molar-refractivity contribution in [2.24, 2.45) is 0 Å². The van der Waals surface area contributed by atoms with Crippen molar-refractivity contribution in [2.75, 3.05) is 0 Å². The Kier molecular flexibility index (Phi) is 2.65. The number of aromatic nitrogens is 2. The van der Waals surface area contributed by atoms with Crippen LogP contribution < -0.4 is 0 Å². The van der Waals surface area contributed by atoms with E-state index in [-0.39, 0.29) is 0 Å². The maximum atomic E-state index is 6.05. The minimum atomic E-state index is 0.470. The van der Waals surface area contributed by atoms with Gasteiger partial charge in [-0.2, -0.15) is 0 Å². The highest BCUT2D eigenvalue weighted by molar-refractivity contribution is 7.13. The molecule has 0 bridgehead atoms. The topological polar surface area (TPSA) is 17.3 Å². The summed E-state index contributed by atoms with van der Waals surface area (Å²) in [5, 5.41) is 2.06. The van der Waals surface area contributed by atoms with Gasteiger partial charge in [0.15, 0.2) is 0 Å². The van der Waals surface area contributed by atoms with Gasteiger partial charge in [-0.15, -0.1) is 22.9 Å². The summed E-state index contributed by atoms with van der Waals surface area (Å²) in [6, 6.07) is 8.26. The maximum absolute atomic E-state index is 6.05. The van der Waals surface area contributed by atoms with Crippen LogP contribution in [-0.2, 0) is 5.88 Å². The standard InChI is InChI=1S/C13H11ClN2S/c1-9-4-5-16-10(8-14)13(15-12(16)7-9)11-3-2-6-17-11/h2-7H,8H2,1H3. The van der Waals surface area contributed by atoms with Crippen molar-refractivity contribution in [3.8, 4) is 10.6 Å². The van der Waals surface area contributed by atoms with E-state index in [1.165, 1.54) is 10.4 Å². The van der Waals surface area contributed by atoms with Crippen LogP contribution in [0.3, 0.4) is 0 Å². The van der Waals surface area contributed by atoms with Gasteiger partial charge in [0.1, 0.15) is 11.3 Å². The van der Waals surface area contributed by atoms with Crippen molar-refractivity contribution >= 4 is 28.6 Å². The zero-order chi connectivity index (χ0) is 11.8. The van der Waals surface area contributed by atoms with Crippen molar-refractivity contribution in [3.63, 3.8) is 0 Å². The number of fused-ring (bicyclic) bond motifs is 1. The Bertz CT molecular complexity index is 655. The Hall–Kier alpha value is -1.32. The number of imidazole rings is 1. The van der Waals surface area contributed by atoms with Gasteiger partial charge < -0.3 is 4.40 Å². The van der Waals surface area contributed by atoms with Crippen molar-refractivity contribution < 1.29 is 0 Å². The summed E-state index contributed by atoms with van der Waals surface area (Å²) >= 11 is 7.74. The lowest BCUT2D eigenvalue weighted by Crippen LogP contribution is -1.90. The second-order valence-corrected chi connectivity index (χ2v) is 5.17. The quantitative estimate of drug-likeness (QED) is 0.636. The van der Waals surface area contributed by atoms with E-state index in [1.807, 2.05) is 12.3 Å². The van der Waals surface area contributed by atoms with Crippen LogP contribution in [0.1, 0.15) is 11.3 Å². The normalized spacial score (nSPS) is 11.2. The van der Waals surface area contributed by atoms with Crippen LogP contribution >= 0.6 is 22.9 Å². The molecule has 0 aromatic carbocycles. The van der Waals surface area contributed by atoms with Gasteiger partial charge >= 0.3 is 0 Å². The van der Waals surface area contributed by atoms with Gasteiger partial charge in [-0.05, 0) is 36.1 Å². The molecule has 3 aromatic rings. The van der Waals surface area contributed by atoms with Gasteiger partial charge in [-0.25, -0.2) is 4.98 Å². The fourth-order valence-corrected chi connectivity index (χ4v) is 2.93. The first-order valence-corrected chi connectivity index (χ1v) is 6.78. The Morgan fingerprint density at radius 2 is 2.29 bits per heavy atom. The number of hydrogen-bond acceptors (Lipinski definition) is 2. The van der Waals surface area contributed by atoms with Crippen LogP contribution in [0.4, 0.5) is 0 Å². The highest BCUT2D eigenvalue weighted by Crippen LogP contribution is 2.29. The molecule has 0 spiro atoms. The fourth-order valence-electron chi connectivity index (χ4n) is 1.94. The van der Waals surface area contributed by atoms with Crippen molar-refractivity contribution in [3.05, 3.63) is 47.1 Å². The summed E-state index contributed by atoms with van der Waals surface area (Å²) in [7, 11) is 0. The molecule has 3 aromatic heterocycles. The first kappa shape index (κ1) is 10.8. The van der Waals surface area contributed by atoms with Crippen molar-refractivity contribution in [2.45, 2.75) is 12.8 Å².